The molecule has 2 atom stereocenters. The Morgan fingerprint density at radius 3 is 3.12 bits per heavy atom. The molecule has 4 heteroatoms. The van der Waals surface area contributed by atoms with E-state index in [2.05, 4.69) is 22.2 Å². The van der Waals surface area contributed by atoms with Crippen LogP contribution in [0.1, 0.15) is 31.9 Å². The normalized spacial score (nSPS) is 24.9. The molecule has 2 unspecified atom stereocenters. The number of hydrogen-bond acceptors (Lipinski definition) is 4. The van der Waals surface area contributed by atoms with E-state index in [1.165, 1.54) is 19.3 Å². The van der Waals surface area contributed by atoms with Crippen LogP contribution < -0.4 is 5.32 Å². The first kappa shape index (κ1) is 11.9. The van der Waals surface area contributed by atoms with E-state index < -0.39 is 0 Å². The summed E-state index contributed by atoms with van der Waals surface area (Å²) in [6.45, 7) is 5.24. The van der Waals surface area contributed by atoms with Crippen LogP contribution in [0.4, 0.5) is 0 Å². The number of aromatic nitrogens is 2. The van der Waals surface area contributed by atoms with Gasteiger partial charge in [0, 0.05) is 23.2 Å². The van der Waals surface area contributed by atoms with Crippen LogP contribution >= 0.6 is 11.8 Å². The van der Waals surface area contributed by atoms with Gasteiger partial charge in [-0.15, -0.1) is 0 Å². The lowest BCUT2D eigenvalue weighted by molar-refractivity contribution is 0.550. The van der Waals surface area contributed by atoms with Crippen molar-refractivity contribution in [3.05, 3.63) is 18.0 Å². The number of nitrogens with zero attached hydrogens (tertiary/aromatic N) is 2. The highest BCUT2D eigenvalue weighted by atomic mass is 32.2. The highest BCUT2D eigenvalue weighted by Crippen LogP contribution is 2.33. The maximum atomic E-state index is 4.46. The van der Waals surface area contributed by atoms with E-state index in [0.717, 1.165) is 17.4 Å². The van der Waals surface area contributed by atoms with E-state index in [-0.39, 0.29) is 0 Å². The zero-order chi connectivity index (χ0) is 11.4. The van der Waals surface area contributed by atoms with Gasteiger partial charge in [-0.2, -0.15) is 0 Å². The van der Waals surface area contributed by atoms with Crippen molar-refractivity contribution in [2.24, 2.45) is 0 Å². The monoisotopic (exact) mass is 237 g/mol. The summed E-state index contributed by atoms with van der Waals surface area (Å²) in [5.74, 6) is 0. The summed E-state index contributed by atoms with van der Waals surface area (Å²) < 4.78 is 0. The molecule has 1 aromatic rings. The third-order valence-corrected chi connectivity index (χ3v) is 4.22. The third kappa shape index (κ3) is 2.95. The Bertz CT molecular complexity index is 343. The Kier molecular flexibility index (Phi) is 4.18. The molecule has 1 aromatic heterocycles. The van der Waals surface area contributed by atoms with Crippen LogP contribution in [0.15, 0.2) is 17.4 Å². The van der Waals surface area contributed by atoms with E-state index in [0.29, 0.717) is 11.3 Å². The molecule has 2 rings (SSSR count). The summed E-state index contributed by atoms with van der Waals surface area (Å²) in [7, 11) is 0. The molecular weight excluding hydrogens is 218 g/mol. The zero-order valence-electron chi connectivity index (χ0n) is 9.94. The van der Waals surface area contributed by atoms with Crippen LogP contribution in [0.2, 0.25) is 0 Å². The zero-order valence-corrected chi connectivity index (χ0v) is 10.8. The van der Waals surface area contributed by atoms with Crippen molar-refractivity contribution >= 4 is 11.8 Å². The molecule has 1 aliphatic rings. The summed E-state index contributed by atoms with van der Waals surface area (Å²) in [5, 5.41) is 5.12. The van der Waals surface area contributed by atoms with Gasteiger partial charge in [-0.3, -0.25) is 0 Å². The SMILES string of the molecule is CCNC1CCCC1Sc1nccc(C)n1. The van der Waals surface area contributed by atoms with Crippen molar-refractivity contribution in [1.29, 1.82) is 0 Å². The first-order valence-corrected chi connectivity index (χ1v) is 6.87. The molecule has 1 saturated carbocycles. The standard InChI is InChI=1S/C12H19N3S/c1-3-13-10-5-4-6-11(10)16-12-14-8-7-9(2)15-12/h7-8,10-11,13H,3-6H2,1-2H3. The van der Waals surface area contributed by atoms with Gasteiger partial charge in [0.15, 0.2) is 5.16 Å². The summed E-state index contributed by atoms with van der Waals surface area (Å²) in [6, 6.07) is 2.58. The lowest BCUT2D eigenvalue weighted by Gasteiger charge is -2.18. The van der Waals surface area contributed by atoms with Crippen LogP contribution in [-0.4, -0.2) is 27.8 Å². The molecule has 0 saturated heterocycles. The minimum atomic E-state index is 0.638. The van der Waals surface area contributed by atoms with Gasteiger partial charge in [-0.05, 0) is 32.4 Å². The van der Waals surface area contributed by atoms with Gasteiger partial charge in [-0.25, -0.2) is 9.97 Å². The quantitative estimate of drug-likeness (QED) is 0.816. The number of aryl methyl sites for hydroxylation is 1. The Hall–Kier alpha value is -0.610. The molecule has 0 bridgehead atoms. The Morgan fingerprint density at radius 1 is 1.50 bits per heavy atom. The van der Waals surface area contributed by atoms with Gasteiger partial charge in [0.2, 0.25) is 0 Å². The van der Waals surface area contributed by atoms with Crippen molar-refractivity contribution in [2.45, 2.75) is 49.6 Å². The third-order valence-electron chi connectivity index (χ3n) is 2.95. The second-order valence-electron chi connectivity index (χ2n) is 4.23. The fourth-order valence-electron chi connectivity index (χ4n) is 2.18. The van der Waals surface area contributed by atoms with Gasteiger partial charge in [0.25, 0.3) is 0 Å². The number of nitrogens with one attached hydrogen (secondary N) is 1. The first-order valence-electron chi connectivity index (χ1n) is 5.99. The molecule has 1 heterocycles. The second kappa shape index (κ2) is 5.64. The smallest absolute Gasteiger partial charge is 0.188 e. The number of rotatable bonds is 4. The van der Waals surface area contributed by atoms with Gasteiger partial charge >= 0.3 is 0 Å². The molecule has 1 fully saturated rings. The van der Waals surface area contributed by atoms with Crippen LogP contribution in [0.5, 0.6) is 0 Å². The Morgan fingerprint density at radius 2 is 2.38 bits per heavy atom. The average molecular weight is 237 g/mol. The van der Waals surface area contributed by atoms with Crippen LogP contribution in [0.25, 0.3) is 0 Å². The van der Waals surface area contributed by atoms with E-state index in [4.69, 9.17) is 0 Å². The number of hydrogen-bond donors (Lipinski definition) is 1. The molecule has 1 aliphatic carbocycles. The Balaban J connectivity index is 1.98. The maximum Gasteiger partial charge on any atom is 0.188 e. The predicted molar refractivity (Wildman–Crippen MR) is 67.7 cm³/mol. The average Bonchev–Trinajstić information content (AvgIpc) is 2.66. The van der Waals surface area contributed by atoms with E-state index >= 15 is 0 Å². The lowest BCUT2D eigenvalue weighted by atomic mass is 10.2. The molecule has 16 heavy (non-hydrogen) atoms. The summed E-state index contributed by atoms with van der Waals surface area (Å²) in [4.78, 5) is 8.78. The van der Waals surface area contributed by atoms with Crippen LogP contribution in [-0.2, 0) is 0 Å². The fourth-order valence-corrected chi connectivity index (χ4v) is 3.45. The maximum absolute atomic E-state index is 4.46. The molecule has 0 amide bonds. The van der Waals surface area contributed by atoms with Gasteiger partial charge < -0.3 is 5.32 Å². The summed E-state index contributed by atoms with van der Waals surface area (Å²) in [5.41, 5.74) is 1.05. The minimum absolute atomic E-state index is 0.638. The second-order valence-corrected chi connectivity index (χ2v) is 5.44. The molecule has 0 radical (unpaired) electrons. The molecule has 0 aromatic carbocycles. The summed E-state index contributed by atoms with van der Waals surface area (Å²) in [6.07, 6.45) is 5.74. The molecule has 1 N–H and O–H groups in total. The van der Waals surface area contributed by atoms with E-state index in [9.17, 15) is 0 Å². The highest BCUT2D eigenvalue weighted by molar-refractivity contribution is 7.99. The largest absolute Gasteiger partial charge is 0.313 e. The topological polar surface area (TPSA) is 37.8 Å². The molecule has 0 aliphatic heterocycles. The fraction of sp³-hybridized carbons (Fsp3) is 0.667. The van der Waals surface area contributed by atoms with Crippen molar-refractivity contribution in [1.82, 2.24) is 15.3 Å². The minimum Gasteiger partial charge on any atom is -0.313 e. The Labute approximate surface area is 101 Å². The van der Waals surface area contributed by atoms with Gasteiger partial charge in [-0.1, -0.05) is 25.1 Å². The number of thioether (sulfide) groups is 1. The molecule has 88 valence electrons. The van der Waals surface area contributed by atoms with E-state index in [1.54, 1.807) is 0 Å². The van der Waals surface area contributed by atoms with E-state index in [1.807, 2.05) is 30.9 Å². The van der Waals surface area contributed by atoms with Crippen molar-refractivity contribution in [3.8, 4) is 0 Å². The van der Waals surface area contributed by atoms with Crippen LogP contribution in [0, 0.1) is 6.92 Å². The molecule has 0 spiro atoms. The van der Waals surface area contributed by atoms with Crippen molar-refractivity contribution < 1.29 is 0 Å². The summed E-state index contributed by atoms with van der Waals surface area (Å²) >= 11 is 1.83. The molecule has 3 nitrogen and oxygen atoms in total. The van der Waals surface area contributed by atoms with Crippen molar-refractivity contribution in [2.75, 3.05) is 6.54 Å². The van der Waals surface area contributed by atoms with Crippen LogP contribution in [0.3, 0.4) is 0 Å². The first-order chi connectivity index (χ1) is 7.79. The van der Waals surface area contributed by atoms with Gasteiger partial charge in [0.1, 0.15) is 0 Å². The van der Waals surface area contributed by atoms with Crippen molar-refractivity contribution in [3.63, 3.8) is 0 Å². The lowest BCUT2D eigenvalue weighted by Crippen LogP contribution is -2.33. The molecular formula is C12H19N3S. The highest BCUT2D eigenvalue weighted by Gasteiger charge is 2.27. The van der Waals surface area contributed by atoms with Gasteiger partial charge in [0.05, 0.1) is 0 Å². The predicted octanol–water partition coefficient (Wildman–Crippen LogP) is 2.41.